The second-order valence-corrected chi connectivity index (χ2v) is 4.22. The largest absolute Gasteiger partial charge is 0.394 e. The van der Waals surface area contributed by atoms with E-state index in [-0.39, 0.29) is 16.9 Å². The maximum Gasteiger partial charge on any atom is 0.251 e. The molecular formula is C9H11N5O3S. The van der Waals surface area contributed by atoms with E-state index in [0.717, 1.165) is 0 Å². The number of nitrogens with one attached hydrogen (secondary N) is 1. The maximum absolute atomic E-state index is 11.1. The first-order chi connectivity index (χ1) is 8.65. The van der Waals surface area contributed by atoms with Crippen molar-refractivity contribution in [2.45, 2.75) is 24.8 Å². The Morgan fingerprint density at radius 2 is 2.56 bits per heavy atom. The molecule has 0 radical (unpaired) electrons. The Hall–Kier alpha value is -1.67. The molecule has 1 fully saturated rings. The molecule has 9 heteroatoms. The first-order valence-corrected chi connectivity index (χ1v) is 5.68. The summed E-state index contributed by atoms with van der Waals surface area (Å²) >= 11 is 5.02. The van der Waals surface area contributed by atoms with Gasteiger partial charge in [0.1, 0.15) is 6.23 Å². The Morgan fingerprint density at radius 1 is 1.78 bits per heavy atom. The monoisotopic (exact) mass is 269 g/mol. The Bertz CT molecular complexity index is 590. The minimum atomic E-state index is -0.556. The molecule has 0 saturated carbocycles. The highest BCUT2D eigenvalue weighted by molar-refractivity contribution is 7.71. The predicted molar refractivity (Wildman–Crippen MR) is 64.4 cm³/mol. The van der Waals surface area contributed by atoms with Crippen LogP contribution in [0.2, 0.25) is 0 Å². The molecule has 2 N–H and O–H groups in total. The van der Waals surface area contributed by atoms with Crippen LogP contribution in [0.4, 0.5) is 0 Å². The highest BCUT2D eigenvalue weighted by Crippen LogP contribution is 2.30. The van der Waals surface area contributed by atoms with Crippen LogP contribution in [0.3, 0.4) is 0 Å². The summed E-state index contributed by atoms with van der Waals surface area (Å²) in [5.41, 5.74) is 8.14. The highest BCUT2D eigenvalue weighted by atomic mass is 32.1. The smallest absolute Gasteiger partial charge is 0.251 e. The average molecular weight is 269 g/mol. The van der Waals surface area contributed by atoms with Crippen LogP contribution in [0.5, 0.6) is 0 Å². The molecule has 0 bridgehead atoms. The minimum Gasteiger partial charge on any atom is -0.394 e. The molecule has 0 unspecified atom stereocenters. The van der Waals surface area contributed by atoms with Crippen molar-refractivity contribution in [3.63, 3.8) is 0 Å². The normalized spacial score (nSPS) is 26.8. The lowest BCUT2D eigenvalue weighted by molar-refractivity contribution is -0.0262. The Morgan fingerprint density at radius 3 is 3.17 bits per heavy atom. The van der Waals surface area contributed by atoms with Gasteiger partial charge in [0.15, 0.2) is 4.77 Å². The van der Waals surface area contributed by atoms with Gasteiger partial charge in [-0.1, -0.05) is 5.11 Å². The standard InChI is InChI=1S/C9H11N5O3S/c10-13-12-5-3-8(17-6(5)4-15)14-2-1-7(16)11-9(14)18/h1-2,5-6,8,15H,3-4H2,(H,11,16,18)/t5-,6+,8+/m0/s1. The van der Waals surface area contributed by atoms with E-state index in [0.29, 0.717) is 6.42 Å². The van der Waals surface area contributed by atoms with E-state index in [1.54, 1.807) is 4.57 Å². The van der Waals surface area contributed by atoms with E-state index in [1.165, 1.54) is 12.3 Å². The average Bonchev–Trinajstić information content (AvgIpc) is 2.72. The summed E-state index contributed by atoms with van der Waals surface area (Å²) < 4.78 is 7.33. The molecule has 1 saturated heterocycles. The Kier molecular flexibility index (Phi) is 3.78. The summed E-state index contributed by atoms with van der Waals surface area (Å²) in [5, 5.41) is 12.7. The van der Waals surface area contributed by atoms with Gasteiger partial charge in [-0.25, -0.2) is 0 Å². The van der Waals surface area contributed by atoms with Gasteiger partial charge in [-0.15, -0.1) is 0 Å². The number of aromatic nitrogens is 2. The van der Waals surface area contributed by atoms with Crippen molar-refractivity contribution in [1.29, 1.82) is 0 Å². The number of nitrogens with zero attached hydrogens (tertiary/aromatic N) is 4. The van der Waals surface area contributed by atoms with Gasteiger partial charge >= 0.3 is 0 Å². The van der Waals surface area contributed by atoms with Crippen molar-refractivity contribution < 1.29 is 9.84 Å². The number of H-pyrrole nitrogens is 1. The van der Waals surface area contributed by atoms with Crippen molar-refractivity contribution in [2.24, 2.45) is 5.11 Å². The molecule has 1 aromatic heterocycles. The molecule has 1 aliphatic heterocycles. The van der Waals surface area contributed by atoms with E-state index in [2.05, 4.69) is 15.0 Å². The third-order valence-electron chi connectivity index (χ3n) is 2.75. The van der Waals surface area contributed by atoms with Crippen molar-refractivity contribution in [3.8, 4) is 0 Å². The SMILES string of the molecule is [N-]=[N+]=N[C@H]1C[C@H](n2ccc(=O)[nH]c2=S)O[C@@H]1CO. The van der Waals surface area contributed by atoms with Crippen molar-refractivity contribution in [3.05, 3.63) is 37.8 Å². The number of aliphatic hydroxyl groups is 1. The second kappa shape index (κ2) is 5.32. The molecule has 3 atom stereocenters. The van der Waals surface area contributed by atoms with Gasteiger partial charge in [0.25, 0.3) is 5.56 Å². The molecule has 2 rings (SSSR count). The molecular weight excluding hydrogens is 258 g/mol. The molecule has 1 aliphatic rings. The number of aliphatic hydroxyl groups excluding tert-OH is 1. The number of azide groups is 1. The fourth-order valence-electron chi connectivity index (χ4n) is 1.89. The van der Waals surface area contributed by atoms with Crippen LogP contribution in [0, 0.1) is 4.77 Å². The summed E-state index contributed by atoms with van der Waals surface area (Å²) in [7, 11) is 0. The lowest BCUT2D eigenvalue weighted by Gasteiger charge is -2.15. The predicted octanol–water partition coefficient (Wildman–Crippen LogP) is 0.865. The third kappa shape index (κ3) is 2.44. The summed E-state index contributed by atoms with van der Waals surface area (Å²) in [5.74, 6) is 0. The lowest BCUT2D eigenvalue weighted by atomic mass is 10.1. The number of ether oxygens (including phenoxy) is 1. The highest BCUT2D eigenvalue weighted by Gasteiger charge is 2.35. The van der Waals surface area contributed by atoms with E-state index >= 15 is 0 Å². The van der Waals surface area contributed by atoms with E-state index < -0.39 is 18.4 Å². The maximum atomic E-state index is 11.1. The van der Waals surface area contributed by atoms with Crippen molar-refractivity contribution in [1.82, 2.24) is 9.55 Å². The fourth-order valence-corrected chi connectivity index (χ4v) is 2.17. The Labute approximate surface area is 106 Å². The first kappa shape index (κ1) is 12.8. The molecule has 2 heterocycles. The van der Waals surface area contributed by atoms with Gasteiger partial charge in [0.2, 0.25) is 0 Å². The summed E-state index contributed by atoms with van der Waals surface area (Å²) in [4.78, 5) is 16.3. The van der Waals surface area contributed by atoms with Crippen LogP contribution in [-0.2, 0) is 4.74 Å². The van der Waals surface area contributed by atoms with Gasteiger partial charge in [0.05, 0.1) is 18.8 Å². The van der Waals surface area contributed by atoms with Gasteiger partial charge in [-0.05, 0) is 17.7 Å². The first-order valence-electron chi connectivity index (χ1n) is 5.27. The van der Waals surface area contributed by atoms with Crippen LogP contribution < -0.4 is 5.56 Å². The van der Waals surface area contributed by atoms with Gasteiger partial charge < -0.3 is 9.84 Å². The Balaban J connectivity index is 2.28. The third-order valence-corrected chi connectivity index (χ3v) is 3.06. The molecule has 8 nitrogen and oxygen atoms in total. The van der Waals surface area contributed by atoms with Gasteiger partial charge in [0, 0.05) is 23.6 Å². The van der Waals surface area contributed by atoms with Gasteiger partial charge in [-0.3, -0.25) is 14.3 Å². The topological polar surface area (TPSA) is 116 Å². The van der Waals surface area contributed by atoms with Crippen LogP contribution >= 0.6 is 12.2 Å². The number of rotatable bonds is 3. The number of hydrogen-bond donors (Lipinski definition) is 2. The molecule has 0 aromatic carbocycles. The van der Waals surface area contributed by atoms with Crippen LogP contribution in [-0.4, -0.2) is 33.4 Å². The molecule has 1 aromatic rings. The van der Waals surface area contributed by atoms with Crippen molar-refractivity contribution in [2.75, 3.05) is 6.61 Å². The van der Waals surface area contributed by atoms with E-state index in [9.17, 15) is 4.79 Å². The molecule has 0 amide bonds. The van der Waals surface area contributed by atoms with Crippen molar-refractivity contribution >= 4 is 12.2 Å². The van der Waals surface area contributed by atoms with Crippen LogP contribution in [0.25, 0.3) is 10.4 Å². The zero-order valence-corrected chi connectivity index (χ0v) is 10.1. The van der Waals surface area contributed by atoms with Crippen LogP contribution in [0.15, 0.2) is 22.2 Å². The van der Waals surface area contributed by atoms with E-state index in [4.69, 9.17) is 27.6 Å². The summed E-state index contributed by atoms with van der Waals surface area (Å²) in [6, 6.07) is 0.882. The second-order valence-electron chi connectivity index (χ2n) is 3.84. The zero-order chi connectivity index (χ0) is 13.1. The molecule has 0 aliphatic carbocycles. The zero-order valence-electron chi connectivity index (χ0n) is 9.26. The number of aromatic amines is 1. The van der Waals surface area contributed by atoms with Gasteiger partial charge in [-0.2, -0.15) is 0 Å². The molecule has 0 spiro atoms. The van der Waals surface area contributed by atoms with Crippen LogP contribution in [0.1, 0.15) is 12.6 Å². The molecule has 18 heavy (non-hydrogen) atoms. The lowest BCUT2D eigenvalue weighted by Crippen LogP contribution is -2.23. The fraction of sp³-hybridized carbons (Fsp3) is 0.556. The molecule has 96 valence electrons. The minimum absolute atomic E-state index is 0.228. The quantitative estimate of drug-likeness (QED) is 0.366. The van der Waals surface area contributed by atoms with E-state index in [1.807, 2.05) is 0 Å². The summed E-state index contributed by atoms with van der Waals surface area (Å²) in [6.07, 6.45) is 0.899. The summed E-state index contributed by atoms with van der Waals surface area (Å²) in [6.45, 7) is -0.239. The number of hydrogen-bond acceptors (Lipinski definition) is 5.